The highest BCUT2D eigenvalue weighted by atomic mass is 35.5. The second-order valence-corrected chi connectivity index (χ2v) is 8.63. The van der Waals surface area contributed by atoms with E-state index in [0.717, 1.165) is 17.7 Å². The average Bonchev–Trinajstić information content (AvgIpc) is 2.67. The summed E-state index contributed by atoms with van der Waals surface area (Å²) in [6, 6.07) is 16.2. The number of sulfonamides is 1. The third-order valence-corrected chi connectivity index (χ3v) is 6.17. The largest absolute Gasteiger partial charge is 0.416 e. The Kier molecular flexibility index (Phi) is 6.03. The van der Waals surface area contributed by atoms with Gasteiger partial charge in [0.15, 0.2) is 0 Å². The topological polar surface area (TPSA) is 46.2 Å². The van der Waals surface area contributed by atoms with Gasteiger partial charge in [0.25, 0.3) is 0 Å². The van der Waals surface area contributed by atoms with Crippen molar-refractivity contribution in [1.82, 2.24) is 4.72 Å². The molecule has 0 spiro atoms. The van der Waals surface area contributed by atoms with Crippen LogP contribution in [0.2, 0.25) is 5.02 Å². The zero-order chi connectivity index (χ0) is 21.2. The van der Waals surface area contributed by atoms with E-state index in [1.165, 1.54) is 24.3 Å². The molecular formula is C21H17ClF3NO2S. The third-order valence-electron chi connectivity index (χ3n) is 4.39. The van der Waals surface area contributed by atoms with E-state index < -0.39 is 27.8 Å². The first-order chi connectivity index (χ1) is 13.6. The number of hydrogen-bond donors (Lipinski definition) is 1. The number of hydrogen-bond acceptors (Lipinski definition) is 2. The van der Waals surface area contributed by atoms with Gasteiger partial charge >= 0.3 is 6.18 Å². The van der Waals surface area contributed by atoms with Crippen LogP contribution in [0.25, 0.3) is 0 Å². The minimum Gasteiger partial charge on any atom is -0.207 e. The molecule has 3 nitrogen and oxygen atoms in total. The van der Waals surface area contributed by atoms with E-state index in [4.69, 9.17) is 11.6 Å². The van der Waals surface area contributed by atoms with E-state index in [1.54, 1.807) is 36.4 Å². The van der Waals surface area contributed by atoms with Gasteiger partial charge in [-0.1, -0.05) is 59.6 Å². The zero-order valence-corrected chi connectivity index (χ0v) is 16.8. The lowest BCUT2D eigenvalue weighted by atomic mass is 9.98. The molecule has 152 valence electrons. The van der Waals surface area contributed by atoms with E-state index >= 15 is 0 Å². The van der Waals surface area contributed by atoms with Crippen LogP contribution in [0.1, 0.15) is 28.3 Å². The maximum absolute atomic E-state index is 12.9. The summed E-state index contributed by atoms with van der Waals surface area (Å²) in [7, 11) is -3.96. The first kappa shape index (κ1) is 21.4. The van der Waals surface area contributed by atoms with E-state index in [2.05, 4.69) is 4.72 Å². The molecule has 0 heterocycles. The Morgan fingerprint density at radius 2 is 1.48 bits per heavy atom. The van der Waals surface area contributed by atoms with Crippen molar-refractivity contribution in [3.05, 3.63) is 100 Å². The van der Waals surface area contributed by atoms with Crippen molar-refractivity contribution >= 4 is 21.6 Å². The van der Waals surface area contributed by atoms with Crippen LogP contribution in [0.15, 0.2) is 77.7 Å². The van der Waals surface area contributed by atoms with E-state index in [0.29, 0.717) is 16.1 Å². The number of halogens is 4. The molecule has 0 amide bonds. The molecule has 8 heteroatoms. The fourth-order valence-corrected chi connectivity index (χ4v) is 4.27. The number of rotatable bonds is 5. The Balaban J connectivity index is 2.05. The lowest BCUT2D eigenvalue weighted by Gasteiger charge is -2.21. The molecule has 29 heavy (non-hydrogen) atoms. The van der Waals surface area contributed by atoms with Crippen LogP contribution in [-0.2, 0) is 16.2 Å². The van der Waals surface area contributed by atoms with Gasteiger partial charge in [-0.2, -0.15) is 17.9 Å². The van der Waals surface area contributed by atoms with Crippen LogP contribution >= 0.6 is 11.6 Å². The molecule has 0 fully saturated rings. The summed E-state index contributed by atoms with van der Waals surface area (Å²) in [6.07, 6.45) is -4.49. The molecule has 0 aliphatic heterocycles. The van der Waals surface area contributed by atoms with Crippen LogP contribution in [0.3, 0.4) is 0 Å². The van der Waals surface area contributed by atoms with Crippen molar-refractivity contribution in [2.75, 3.05) is 0 Å². The molecule has 0 aromatic heterocycles. The SMILES string of the molecule is Cc1ccc(S(=O)(=O)N[C@@H](c2ccc(C(F)(F)F)cc2)c2ccccc2Cl)cc1. The quantitative estimate of drug-likeness (QED) is 0.551. The van der Waals surface area contributed by atoms with Gasteiger partial charge in [-0.05, 0) is 48.4 Å². The molecule has 0 aliphatic carbocycles. The van der Waals surface area contributed by atoms with Crippen molar-refractivity contribution in [1.29, 1.82) is 0 Å². The van der Waals surface area contributed by atoms with Crippen molar-refractivity contribution in [2.24, 2.45) is 0 Å². The van der Waals surface area contributed by atoms with Crippen molar-refractivity contribution in [2.45, 2.75) is 24.0 Å². The Bertz CT molecular complexity index is 1100. The van der Waals surface area contributed by atoms with Gasteiger partial charge in [-0.15, -0.1) is 0 Å². The van der Waals surface area contributed by atoms with Gasteiger partial charge in [0, 0.05) is 5.02 Å². The first-order valence-electron chi connectivity index (χ1n) is 8.58. The summed E-state index contributed by atoms with van der Waals surface area (Å²) >= 11 is 6.25. The maximum Gasteiger partial charge on any atom is 0.416 e. The normalized spacial score (nSPS) is 13.3. The molecule has 0 aliphatic rings. The fourth-order valence-electron chi connectivity index (χ4n) is 2.83. The standard InChI is InChI=1S/C21H17ClF3NO2S/c1-14-6-12-17(13-7-14)29(27,28)26-20(18-4-2-3-5-19(18)22)15-8-10-16(11-9-15)21(23,24)25/h2-13,20,26H,1H3/t20-/m0/s1. The van der Waals surface area contributed by atoms with Crippen LogP contribution in [0.4, 0.5) is 13.2 Å². The molecule has 3 aromatic carbocycles. The number of aryl methyl sites for hydroxylation is 1. The summed E-state index contributed by atoms with van der Waals surface area (Å²) in [6.45, 7) is 1.83. The number of alkyl halides is 3. The molecular weight excluding hydrogens is 423 g/mol. The summed E-state index contributed by atoms with van der Waals surface area (Å²) in [5.74, 6) is 0. The monoisotopic (exact) mass is 439 g/mol. The van der Waals surface area contributed by atoms with Crippen LogP contribution in [-0.4, -0.2) is 8.42 Å². The maximum atomic E-state index is 12.9. The molecule has 0 saturated heterocycles. The van der Waals surface area contributed by atoms with Crippen LogP contribution in [0, 0.1) is 6.92 Å². The Hall–Kier alpha value is -2.35. The summed E-state index contributed by atoms with van der Waals surface area (Å²) in [4.78, 5) is 0.0482. The van der Waals surface area contributed by atoms with Crippen LogP contribution < -0.4 is 4.72 Å². The van der Waals surface area contributed by atoms with Gasteiger partial charge in [0.1, 0.15) is 0 Å². The predicted molar refractivity (Wildman–Crippen MR) is 106 cm³/mol. The van der Waals surface area contributed by atoms with E-state index in [1.807, 2.05) is 6.92 Å². The van der Waals surface area contributed by atoms with E-state index in [9.17, 15) is 21.6 Å². The predicted octanol–water partition coefficient (Wildman–Crippen LogP) is 5.74. The Labute approximate surface area is 172 Å². The minimum atomic E-state index is -4.49. The highest BCUT2D eigenvalue weighted by Crippen LogP contribution is 2.33. The van der Waals surface area contributed by atoms with Gasteiger partial charge in [-0.25, -0.2) is 8.42 Å². The van der Waals surface area contributed by atoms with Crippen molar-refractivity contribution in [3.8, 4) is 0 Å². The molecule has 0 saturated carbocycles. The summed E-state index contributed by atoms with van der Waals surface area (Å²) < 4.78 is 67.1. The first-order valence-corrected chi connectivity index (χ1v) is 10.4. The highest BCUT2D eigenvalue weighted by molar-refractivity contribution is 7.89. The minimum absolute atomic E-state index is 0.0482. The molecule has 1 N–H and O–H groups in total. The molecule has 0 unspecified atom stereocenters. The molecule has 3 aromatic rings. The van der Waals surface area contributed by atoms with Crippen molar-refractivity contribution in [3.63, 3.8) is 0 Å². The average molecular weight is 440 g/mol. The summed E-state index contributed by atoms with van der Waals surface area (Å²) in [5.41, 5.74) is 0.848. The number of nitrogens with one attached hydrogen (secondary N) is 1. The lowest BCUT2D eigenvalue weighted by molar-refractivity contribution is -0.137. The van der Waals surface area contributed by atoms with Gasteiger partial charge in [-0.3, -0.25) is 0 Å². The van der Waals surface area contributed by atoms with Crippen molar-refractivity contribution < 1.29 is 21.6 Å². The molecule has 1 atom stereocenters. The fraction of sp³-hybridized carbons (Fsp3) is 0.143. The molecule has 3 rings (SSSR count). The van der Waals surface area contributed by atoms with Crippen LogP contribution in [0.5, 0.6) is 0 Å². The second kappa shape index (κ2) is 8.18. The lowest BCUT2D eigenvalue weighted by Crippen LogP contribution is -2.29. The van der Waals surface area contributed by atoms with Gasteiger partial charge < -0.3 is 0 Å². The third kappa shape index (κ3) is 4.98. The second-order valence-electron chi connectivity index (χ2n) is 6.51. The highest BCUT2D eigenvalue weighted by Gasteiger charge is 2.31. The summed E-state index contributed by atoms with van der Waals surface area (Å²) in [5, 5.41) is 0.295. The van der Waals surface area contributed by atoms with Gasteiger partial charge in [0.2, 0.25) is 10.0 Å². The molecule has 0 bridgehead atoms. The van der Waals surface area contributed by atoms with Gasteiger partial charge in [0.05, 0.1) is 16.5 Å². The number of benzene rings is 3. The Morgan fingerprint density at radius 3 is 2.03 bits per heavy atom. The zero-order valence-electron chi connectivity index (χ0n) is 15.2. The smallest absolute Gasteiger partial charge is 0.207 e. The molecule has 0 radical (unpaired) electrons. The van der Waals surface area contributed by atoms with E-state index in [-0.39, 0.29) is 4.90 Å². The Morgan fingerprint density at radius 1 is 0.897 bits per heavy atom.